The second-order valence-electron chi connectivity index (χ2n) is 4.11. The maximum atomic E-state index is 12.1. The van der Waals surface area contributed by atoms with Crippen LogP contribution in [0, 0.1) is 0 Å². The van der Waals surface area contributed by atoms with Crippen molar-refractivity contribution < 1.29 is 17.9 Å². The molecule has 108 valence electrons. The van der Waals surface area contributed by atoms with Crippen LogP contribution in [0.4, 0.5) is 13.2 Å². The van der Waals surface area contributed by atoms with Gasteiger partial charge in [-0.25, -0.2) is 10.4 Å². The highest BCUT2D eigenvalue weighted by Gasteiger charge is 2.31. The van der Waals surface area contributed by atoms with Gasteiger partial charge < -0.3 is 9.30 Å². The molecule has 0 spiro atoms. The molecule has 3 N–H and O–H groups in total. The van der Waals surface area contributed by atoms with Crippen LogP contribution >= 0.6 is 0 Å². The zero-order valence-corrected chi connectivity index (χ0v) is 10.6. The molecule has 1 atom stereocenters. The first kappa shape index (κ1) is 14.4. The largest absolute Gasteiger partial charge is 0.573 e. The van der Waals surface area contributed by atoms with E-state index in [9.17, 15) is 13.2 Å². The van der Waals surface area contributed by atoms with Crippen LogP contribution in [0.1, 0.15) is 17.4 Å². The average Bonchev–Trinajstić information content (AvgIpc) is 2.77. The lowest BCUT2D eigenvalue weighted by Gasteiger charge is -2.17. The van der Waals surface area contributed by atoms with Crippen LogP contribution < -0.4 is 16.0 Å². The molecule has 0 aliphatic heterocycles. The van der Waals surface area contributed by atoms with Crippen molar-refractivity contribution in [2.45, 2.75) is 12.4 Å². The molecular weight excluding hydrogens is 273 g/mol. The Labute approximate surface area is 113 Å². The van der Waals surface area contributed by atoms with Gasteiger partial charge in [0.15, 0.2) is 0 Å². The lowest BCUT2D eigenvalue weighted by atomic mass is 10.1. The van der Waals surface area contributed by atoms with Gasteiger partial charge in [-0.3, -0.25) is 5.84 Å². The Bertz CT molecular complexity index is 565. The molecule has 1 aromatic heterocycles. The first-order chi connectivity index (χ1) is 9.40. The zero-order chi connectivity index (χ0) is 14.8. The molecule has 0 bridgehead atoms. The number of hydrogen-bond acceptors (Lipinski definition) is 4. The number of alkyl halides is 3. The van der Waals surface area contributed by atoms with Gasteiger partial charge in [0.1, 0.15) is 17.6 Å². The summed E-state index contributed by atoms with van der Waals surface area (Å²) in [6.45, 7) is 0. The van der Waals surface area contributed by atoms with Gasteiger partial charge in [-0.15, -0.1) is 13.2 Å². The number of rotatable bonds is 4. The van der Waals surface area contributed by atoms with E-state index in [0.29, 0.717) is 11.4 Å². The summed E-state index contributed by atoms with van der Waals surface area (Å²) in [4.78, 5) is 4.15. The number of ether oxygens (including phenoxy) is 1. The molecule has 0 radical (unpaired) electrons. The number of hydrogen-bond donors (Lipinski definition) is 2. The van der Waals surface area contributed by atoms with Crippen molar-refractivity contribution in [1.82, 2.24) is 15.0 Å². The SMILES string of the molecule is Cn1ccnc1C(NN)c1ccc(OC(F)(F)F)cc1. The van der Waals surface area contributed by atoms with Crippen LogP contribution in [0.2, 0.25) is 0 Å². The van der Waals surface area contributed by atoms with Crippen molar-refractivity contribution >= 4 is 0 Å². The van der Waals surface area contributed by atoms with E-state index in [0.717, 1.165) is 0 Å². The number of aromatic nitrogens is 2. The molecular formula is C12H13F3N4O. The molecule has 8 heteroatoms. The van der Waals surface area contributed by atoms with Crippen molar-refractivity contribution in [3.05, 3.63) is 48.0 Å². The van der Waals surface area contributed by atoms with Crippen LogP contribution in [0.25, 0.3) is 0 Å². The van der Waals surface area contributed by atoms with Crippen LogP contribution in [0.3, 0.4) is 0 Å². The summed E-state index contributed by atoms with van der Waals surface area (Å²) in [5.41, 5.74) is 3.26. The number of nitrogens with one attached hydrogen (secondary N) is 1. The maximum Gasteiger partial charge on any atom is 0.573 e. The van der Waals surface area contributed by atoms with Gasteiger partial charge in [-0.1, -0.05) is 12.1 Å². The number of aryl methyl sites for hydroxylation is 1. The molecule has 5 nitrogen and oxygen atoms in total. The third kappa shape index (κ3) is 3.28. The van der Waals surface area contributed by atoms with Crippen LogP contribution in [-0.2, 0) is 7.05 Å². The Morgan fingerprint density at radius 2 is 1.95 bits per heavy atom. The van der Waals surface area contributed by atoms with Gasteiger partial charge in [0.25, 0.3) is 0 Å². The number of benzene rings is 1. The predicted molar refractivity (Wildman–Crippen MR) is 65.5 cm³/mol. The van der Waals surface area contributed by atoms with E-state index >= 15 is 0 Å². The fourth-order valence-electron chi connectivity index (χ4n) is 1.84. The standard InChI is InChI=1S/C12H13F3N4O/c1-19-7-6-17-11(19)10(18-16)8-2-4-9(5-3-8)20-12(13,14)15/h2-7,10,18H,16H2,1H3. The fraction of sp³-hybridized carbons (Fsp3) is 0.250. The molecule has 0 fully saturated rings. The maximum absolute atomic E-state index is 12.1. The highest BCUT2D eigenvalue weighted by atomic mass is 19.4. The fourth-order valence-corrected chi connectivity index (χ4v) is 1.84. The summed E-state index contributed by atoms with van der Waals surface area (Å²) in [7, 11) is 1.80. The van der Waals surface area contributed by atoms with Gasteiger partial charge in [-0.05, 0) is 17.7 Å². The van der Waals surface area contributed by atoms with E-state index in [1.807, 2.05) is 0 Å². The highest BCUT2D eigenvalue weighted by molar-refractivity contribution is 5.32. The predicted octanol–water partition coefficient (Wildman–Crippen LogP) is 1.87. The Hall–Kier alpha value is -2.06. The van der Waals surface area contributed by atoms with E-state index in [1.165, 1.54) is 24.3 Å². The summed E-state index contributed by atoms with van der Waals surface area (Å²) in [5, 5.41) is 0. The molecule has 20 heavy (non-hydrogen) atoms. The van der Waals surface area contributed by atoms with Crippen LogP contribution in [0.5, 0.6) is 5.75 Å². The third-order valence-electron chi connectivity index (χ3n) is 2.73. The number of imidazole rings is 1. The second kappa shape index (κ2) is 5.51. The van der Waals surface area contributed by atoms with Crippen molar-refractivity contribution in [2.24, 2.45) is 12.9 Å². The number of hydrazine groups is 1. The van der Waals surface area contributed by atoms with Gasteiger partial charge in [0.2, 0.25) is 0 Å². The minimum atomic E-state index is -4.70. The molecule has 0 amide bonds. The Kier molecular flexibility index (Phi) is 3.96. The Balaban J connectivity index is 2.22. The van der Waals surface area contributed by atoms with E-state index in [-0.39, 0.29) is 5.75 Å². The molecule has 1 heterocycles. The smallest absolute Gasteiger partial charge is 0.406 e. The summed E-state index contributed by atoms with van der Waals surface area (Å²) in [5.74, 6) is 5.86. The zero-order valence-electron chi connectivity index (χ0n) is 10.6. The van der Waals surface area contributed by atoms with Gasteiger partial charge in [-0.2, -0.15) is 0 Å². The number of halogens is 3. The molecule has 0 aliphatic rings. The average molecular weight is 286 g/mol. The molecule has 1 unspecified atom stereocenters. The monoisotopic (exact) mass is 286 g/mol. The molecule has 2 aromatic rings. The molecule has 0 saturated heterocycles. The topological polar surface area (TPSA) is 65.1 Å². The molecule has 1 aromatic carbocycles. The second-order valence-corrected chi connectivity index (χ2v) is 4.11. The minimum Gasteiger partial charge on any atom is -0.406 e. The van der Waals surface area contributed by atoms with Gasteiger partial charge in [0.05, 0.1) is 0 Å². The van der Waals surface area contributed by atoms with E-state index in [1.54, 1.807) is 24.0 Å². The van der Waals surface area contributed by atoms with Crippen molar-refractivity contribution in [3.63, 3.8) is 0 Å². The first-order valence-electron chi connectivity index (χ1n) is 5.70. The lowest BCUT2D eigenvalue weighted by molar-refractivity contribution is -0.274. The third-order valence-corrected chi connectivity index (χ3v) is 2.73. The van der Waals surface area contributed by atoms with Crippen molar-refractivity contribution in [1.29, 1.82) is 0 Å². The summed E-state index contributed by atoms with van der Waals surface area (Å²) < 4.78 is 41.8. The molecule has 0 aliphatic carbocycles. The summed E-state index contributed by atoms with van der Waals surface area (Å²) in [6.07, 6.45) is -1.34. The molecule has 2 rings (SSSR count). The van der Waals surface area contributed by atoms with E-state index in [2.05, 4.69) is 15.1 Å². The quantitative estimate of drug-likeness (QED) is 0.665. The van der Waals surface area contributed by atoms with E-state index in [4.69, 9.17) is 5.84 Å². The van der Waals surface area contributed by atoms with Crippen LogP contribution in [-0.4, -0.2) is 15.9 Å². The minimum absolute atomic E-state index is 0.281. The summed E-state index contributed by atoms with van der Waals surface area (Å²) in [6, 6.07) is 5.04. The lowest BCUT2D eigenvalue weighted by Crippen LogP contribution is -2.30. The van der Waals surface area contributed by atoms with Crippen LogP contribution in [0.15, 0.2) is 36.7 Å². The first-order valence-corrected chi connectivity index (χ1v) is 5.70. The number of nitrogens with two attached hydrogens (primary N) is 1. The number of nitrogens with zero attached hydrogens (tertiary/aromatic N) is 2. The Morgan fingerprint density at radius 3 is 2.40 bits per heavy atom. The van der Waals surface area contributed by atoms with E-state index < -0.39 is 12.4 Å². The van der Waals surface area contributed by atoms with Gasteiger partial charge >= 0.3 is 6.36 Å². The molecule has 0 saturated carbocycles. The normalized spacial score (nSPS) is 13.2. The van der Waals surface area contributed by atoms with Crippen molar-refractivity contribution in [2.75, 3.05) is 0 Å². The van der Waals surface area contributed by atoms with Crippen molar-refractivity contribution in [3.8, 4) is 5.75 Å². The Morgan fingerprint density at radius 1 is 1.30 bits per heavy atom. The summed E-state index contributed by atoms with van der Waals surface area (Å²) >= 11 is 0. The van der Waals surface area contributed by atoms with Gasteiger partial charge in [0, 0.05) is 19.4 Å². The highest BCUT2D eigenvalue weighted by Crippen LogP contribution is 2.26.